The Morgan fingerprint density at radius 1 is 1.09 bits per heavy atom. The third-order valence-corrected chi connectivity index (χ3v) is 1.59. The van der Waals surface area contributed by atoms with Crippen molar-refractivity contribution in [1.29, 1.82) is 0 Å². The molecular weight excluding hydrogens is 136 g/mol. The monoisotopic (exact) mass is 158 g/mol. The molecule has 0 N–H and O–H groups in total. The lowest BCUT2D eigenvalue weighted by Crippen LogP contribution is -2.02. The fraction of sp³-hybridized carbons (Fsp3) is 1.00. The number of hydrogen-bond donors (Lipinski definition) is 0. The van der Waals surface area contributed by atoms with E-state index in [0.717, 1.165) is 13.2 Å². The summed E-state index contributed by atoms with van der Waals surface area (Å²) < 4.78 is 5.44. The van der Waals surface area contributed by atoms with Gasteiger partial charge in [0.05, 0.1) is 0 Å². The van der Waals surface area contributed by atoms with Crippen LogP contribution in [0.4, 0.5) is 0 Å². The minimum atomic E-state index is 0.682. The molecule has 0 aliphatic rings. The van der Waals surface area contributed by atoms with Crippen molar-refractivity contribution in [2.24, 2.45) is 5.92 Å². The predicted octanol–water partition coefficient (Wildman–Crippen LogP) is 3.24. The average molecular weight is 158 g/mol. The first-order valence-electron chi connectivity index (χ1n) is 4.85. The highest BCUT2D eigenvalue weighted by Crippen LogP contribution is 2.00. The first-order valence-corrected chi connectivity index (χ1v) is 4.85. The van der Waals surface area contributed by atoms with E-state index in [1.54, 1.807) is 0 Å². The quantitative estimate of drug-likeness (QED) is 0.517. The van der Waals surface area contributed by atoms with E-state index in [4.69, 9.17) is 4.74 Å². The fourth-order valence-electron chi connectivity index (χ4n) is 0.950. The Kier molecular flexibility index (Phi) is 8.03. The third-order valence-electron chi connectivity index (χ3n) is 1.59. The molecule has 0 unspecified atom stereocenters. The van der Waals surface area contributed by atoms with Crippen LogP contribution in [0.3, 0.4) is 0 Å². The van der Waals surface area contributed by atoms with Crippen molar-refractivity contribution in [3.05, 3.63) is 0 Å². The molecule has 0 aliphatic carbocycles. The molecule has 0 amide bonds. The second-order valence-corrected chi connectivity index (χ2v) is 3.53. The van der Waals surface area contributed by atoms with Gasteiger partial charge in [0.2, 0.25) is 0 Å². The minimum absolute atomic E-state index is 0.682. The van der Waals surface area contributed by atoms with Crippen molar-refractivity contribution in [2.75, 3.05) is 13.2 Å². The van der Waals surface area contributed by atoms with E-state index in [1.807, 2.05) is 0 Å². The van der Waals surface area contributed by atoms with Crippen LogP contribution in [-0.2, 0) is 4.74 Å². The van der Waals surface area contributed by atoms with E-state index in [0.29, 0.717) is 5.92 Å². The van der Waals surface area contributed by atoms with Gasteiger partial charge in [-0.25, -0.2) is 0 Å². The maximum atomic E-state index is 5.44. The molecule has 1 heteroatoms. The van der Waals surface area contributed by atoms with Gasteiger partial charge in [-0.2, -0.15) is 0 Å². The van der Waals surface area contributed by atoms with Gasteiger partial charge in [0.25, 0.3) is 0 Å². The zero-order chi connectivity index (χ0) is 8.53. The molecular formula is C10H22O. The molecule has 0 rings (SSSR count). The Morgan fingerprint density at radius 3 is 2.36 bits per heavy atom. The number of ether oxygens (including phenoxy) is 1. The summed E-state index contributed by atoms with van der Waals surface area (Å²) >= 11 is 0. The molecule has 0 spiro atoms. The summed E-state index contributed by atoms with van der Waals surface area (Å²) in [4.78, 5) is 0. The minimum Gasteiger partial charge on any atom is -0.381 e. The maximum absolute atomic E-state index is 5.44. The van der Waals surface area contributed by atoms with Crippen molar-refractivity contribution >= 4 is 0 Å². The average Bonchev–Trinajstić information content (AvgIpc) is 1.96. The van der Waals surface area contributed by atoms with E-state index in [-0.39, 0.29) is 0 Å². The van der Waals surface area contributed by atoms with E-state index in [1.165, 1.54) is 25.7 Å². The second kappa shape index (κ2) is 8.06. The lowest BCUT2D eigenvalue weighted by atomic mass is 10.2. The van der Waals surface area contributed by atoms with Gasteiger partial charge < -0.3 is 4.74 Å². The summed E-state index contributed by atoms with van der Waals surface area (Å²) in [5.74, 6) is 0.682. The predicted molar refractivity (Wildman–Crippen MR) is 49.8 cm³/mol. The van der Waals surface area contributed by atoms with E-state index in [9.17, 15) is 0 Å². The SMILES string of the molecule is CCCCCCOCC(C)C. The van der Waals surface area contributed by atoms with Crippen LogP contribution in [0.1, 0.15) is 46.5 Å². The first kappa shape index (κ1) is 11.0. The van der Waals surface area contributed by atoms with Gasteiger partial charge >= 0.3 is 0 Å². The van der Waals surface area contributed by atoms with Crippen LogP contribution >= 0.6 is 0 Å². The summed E-state index contributed by atoms with van der Waals surface area (Å²) in [6.07, 6.45) is 5.23. The molecule has 1 nitrogen and oxygen atoms in total. The van der Waals surface area contributed by atoms with Gasteiger partial charge in [-0.05, 0) is 12.3 Å². The smallest absolute Gasteiger partial charge is 0.0488 e. The van der Waals surface area contributed by atoms with Gasteiger partial charge in [-0.15, -0.1) is 0 Å². The van der Waals surface area contributed by atoms with Crippen LogP contribution < -0.4 is 0 Å². The van der Waals surface area contributed by atoms with Crippen molar-refractivity contribution in [1.82, 2.24) is 0 Å². The van der Waals surface area contributed by atoms with Crippen LogP contribution in [0, 0.1) is 5.92 Å². The number of hydrogen-bond acceptors (Lipinski definition) is 1. The Morgan fingerprint density at radius 2 is 1.82 bits per heavy atom. The van der Waals surface area contributed by atoms with E-state index >= 15 is 0 Å². The molecule has 0 aromatic rings. The topological polar surface area (TPSA) is 9.23 Å². The second-order valence-electron chi connectivity index (χ2n) is 3.53. The Hall–Kier alpha value is -0.0400. The number of rotatable bonds is 7. The lowest BCUT2D eigenvalue weighted by Gasteiger charge is -2.05. The van der Waals surface area contributed by atoms with E-state index in [2.05, 4.69) is 20.8 Å². The van der Waals surface area contributed by atoms with Crippen molar-refractivity contribution in [3.63, 3.8) is 0 Å². The van der Waals surface area contributed by atoms with E-state index < -0.39 is 0 Å². The van der Waals surface area contributed by atoms with Gasteiger partial charge in [0, 0.05) is 13.2 Å². The van der Waals surface area contributed by atoms with Gasteiger partial charge in [-0.3, -0.25) is 0 Å². The van der Waals surface area contributed by atoms with Crippen LogP contribution in [0.25, 0.3) is 0 Å². The van der Waals surface area contributed by atoms with Crippen LogP contribution in [-0.4, -0.2) is 13.2 Å². The van der Waals surface area contributed by atoms with Crippen molar-refractivity contribution < 1.29 is 4.74 Å². The largest absolute Gasteiger partial charge is 0.381 e. The highest BCUT2D eigenvalue weighted by atomic mass is 16.5. The molecule has 0 bridgehead atoms. The van der Waals surface area contributed by atoms with Crippen molar-refractivity contribution in [2.45, 2.75) is 46.5 Å². The Labute approximate surface area is 71.1 Å². The molecule has 0 atom stereocenters. The summed E-state index contributed by atoms with van der Waals surface area (Å²) in [5.41, 5.74) is 0. The van der Waals surface area contributed by atoms with Crippen LogP contribution in [0.5, 0.6) is 0 Å². The molecule has 0 saturated carbocycles. The molecule has 0 aliphatic heterocycles. The Bertz CT molecular complexity index is 69.3. The molecule has 68 valence electrons. The molecule has 0 aromatic heterocycles. The lowest BCUT2D eigenvalue weighted by molar-refractivity contribution is 0.106. The first-order chi connectivity index (χ1) is 5.27. The normalized spacial score (nSPS) is 10.9. The summed E-state index contributed by atoms with van der Waals surface area (Å²) in [6.45, 7) is 8.48. The summed E-state index contributed by atoms with van der Waals surface area (Å²) in [5, 5.41) is 0. The molecule has 0 fully saturated rings. The third kappa shape index (κ3) is 9.96. The van der Waals surface area contributed by atoms with Gasteiger partial charge in [-0.1, -0.05) is 40.0 Å². The summed E-state index contributed by atoms with van der Waals surface area (Å²) in [7, 11) is 0. The standard InChI is InChI=1S/C10H22O/c1-4-5-6-7-8-11-9-10(2)3/h10H,4-9H2,1-3H3. The highest BCUT2D eigenvalue weighted by Gasteiger charge is 1.92. The molecule has 0 saturated heterocycles. The number of unbranched alkanes of at least 4 members (excludes halogenated alkanes) is 3. The van der Waals surface area contributed by atoms with Crippen LogP contribution in [0.15, 0.2) is 0 Å². The zero-order valence-corrected chi connectivity index (χ0v) is 8.23. The zero-order valence-electron chi connectivity index (χ0n) is 8.23. The van der Waals surface area contributed by atoms with Gasteiger partial charge in [0.1, 0.15) is 0 Å². The summed E-state index contributed by atoms with van der Waals surface area (Å²) in [6, 6.07) is 0. The van der Waals surface area contributed by atoms with Crippen LogP contribution in [0.2, 0.25) is 0 Å². The highest BCUT2D eigenvalue weighted by molar-refractivity contribution is 4.42. The molecule has 11 heavy (non-hydrogen) atoms. The maximum Gasteiger partial charge on any atom is 0.0488 e. The molecule has 0 radical (unpaired) electrons. The van der Waals surface area contributed by atoms with Gasteiger partial charge in [0.15, 0.2) is 0 Å². The molecule has 0 heterocycles. The molecule has 0 aromatic carbocycles. The fourth-order valence-corrected chi connectivity index (χ4v) is 0.950. The Balaban J connectivity index is 2.80. The van der Waals surface area contributed by atoms with Crippen molar-refractivity contribution in [3.8, 4) is 0 Å².